The van der Waals surface area contributed by atoms with Crippen LogP contribution in [0.5, 0.6) is 0 Å². The van der Waals surface area contributed by atoms with Gasteiger partial charge in [0.1, 0.15) is 30.5 Å². The number of ether oxygens (including phenoxy) is 4. The summed E-state index contributed by atoms with van der Waals surface area (Å²) < 4.78 is 22.7. The lowest BCUT2D eigenvalue weighted by atomic mass is 9.99. The van der Waals surface area contributed by atoms with Crippen molar-refractivity contribution in [3.05, 3.63) is 85.1 Å². The topological polar surface area (TPSA) is 135 Å². The fourth-order valence-corrected chi connectivity index (χ4v) is 5.97. The fourth-order valence-electron chi connectivity index (χ4n) is 5.97. The van der Waals surface area contributed by atoms with Crippen LogP contribution in [0.4, 0.5) is 0 Å². The Hall–Kier alpha value is -2.63. The van der Waals surface area contributed by atoms with Crippen LogP contribution in [0.25, 0.3) is 0 Å². The summed E-state index contributed by atoms with van der Waals surface area (Å²) >= 11 is 0. The number of esters is 1. The van der Waals surface area contributed by atoms with Crippen molar-refractivity contribution >= 4 is 5.97 Å². The van der Waals surface area contributed by atoms with Gasteiger partial charge in [0, 0.05) is 13.0 Å². The molecule has 0 aromatic carbocycles. The minimum Gasteiger partial charge on any atom is -0.457 e. The first-order valence-corrected chi connectivity index (χ1v) is 21.7. The third-order valence-electron chi connectivity index (χ3n) is 9.31. The SMILES string of the molecule is CC/C=C\C/C=C\C/C=C\C/C=C\CCCCCCCCCOCC(COC1OC(CO)C(O)C(O)C1O)OC(=O)CCCCC/C=C\C/C=C\C/C=C\CC. The number of carbonyl (C=O) groups excluding carboxylic acids is 1. The summed E-state index contributed by atoms with van der Waals surface area (Å²) in [7, 11) is 0. The van der Waals surface area contributed by atoms with Gasteiger partial charge in [-0.25, -0.2) is 0 Å². The van der Waals surface area contributed by atoms with Gasteiger partial charge in [-0.05, 0) is 83.5 Å². The molecule has 1 saturated heterocycles. The maximum absolute atomic E-state index is 12.7. The average Bonchev–Trinajstić information content (AvgIpc) is 3.20. The van der Waals surface area contributed by atoms with Gasteiger partial charge in [-0.15, -0.1) is 0 Å². The van der Waals surface area contributed by atoms with Crippen LogP contribution >= 0.6 is 0 Å². The van der Waals surface area contributed by atoms with Crippen molar-refractivity contribution in [3.8, 4) is 0 Å². The molecule has 0 spiro atoms. The van der Waals surface area contributed by atoms with E-state index in [4.69, 9.17) is 18.9 Å². The Morgan fingerprint density at radius 2 is 1.04 bits per heavy atom. The van der Waals surface area contributed by atoms with Crippen molar-refractivity contribution in [1.82, 2.24) is 0 Å². The van der Waals surface area contributed by atoms with Crippen molar-refractivity contribution in [2.75, 3.05) is 26.4 Å². The number of aliphatic hydroxyl groups is 4. The molecule has 9 nitrogen and oxygen atoms in total. The van der Waals surface area contributed by atoms with Crippen LogP contribution in [0, 0.1) is 0 Å². The van der Waals surface area contributed by atoms with Crippen LogP contribution in [0.2, 0.25) is 0 Å². The molecule has 0 aromatic heterocycles. The highest BCUT2D eigenvalue weighted by molar-refractivity contribution is 5.69. The Kier molecular flexibility index (Phi) is 34.8. The number of carbonyl (C=O) groups is 1. The molecule has 0 saturated carbocycles. The van der Waals surface area contributed by atoms with E-state index in [-0.39, 0.29) is 25.6 Å². The first kappa shape index (κ1) is 51.4. The third kappa shape index (κ3) is 28.7. The van der Waals surface area contributed by atoms with E-state index in [2.05, 4.69) is 98.9 Å². The molecular formula is C47H78O9. The van der Waals surface area contributed by atoms with Crippen LogP contribution in [0.1, 0.15) is 142 Å². The van der Waals surface area contributed by atoms with Crippen LogP contribution in [0.3, 0.4) is 0 Å². The van der Waals surface area contributed by atoms with E-state index in [0.717, 1.165) is 89.9 Å². The Bertz CT molecular complexity index is 1120. The molecule has 0 radical (unpaired) electrons. The average molecular weight is 787 g/mol. The second-order valence-electron chi connectivity index (χ2n) is 14.4. The minimum atomic E-state index is -1.55. The van der Waals surface area contributed by atoms with Crippen LogP contribution in [-0.4, -0.2) is 89.6 Å². The van der Waals surface area contributed by atoms with E-state index in [1.54, 1.807) is 0 Å². The van der Waals surface area contributed by atoms with E-state index >= 15 is 0 Å². The normalized spacial score (nSPS) is 21.4. The predicted molar refractivity (Wildman–Crippen MR) is 228 cm³/mol. The first-order valence-electron chi connectivity index (χ1n) is 21.7. The maximum atomic E-state index is 12.7. The van der Waals surface area contributed by atoms with Crippen molar-refractivity contribution in [2.24, 2.45) is 0 Å². The molecule has 9 heteroatoms. The zero-order chi connectivity index (χ0) is 40.7. The van der Waals surface area contributed by atoms with Gasteiger partial charge in [-0.1, -0.05) is 137 Å². The largest absolute Gasteiger partial charge is 0.457 e. The molecule has 6 unspecified atom stereocenters. The highest BCUT2D eigenvalue weighted by Crippen LogP contribution is 2.22. The summed E-state index contributed by atoms with van der Waals surface area (Å²) in [6, 6.07) is 0. The molecule has 0 aromatic rings. The maximum Gasteiger partial charge on any atom is 0.306 e. The Balaban J connectivity index is 2.30. The molecule has 6 atom stereocenters. The zero-order valence-electron chi connectivity index (χ0n) is 34.8. The number of rotatable bonds is 35. The summed E-state index contributed by atoms with van der Waals surface area (Å²) in [6.07, 6.45) is 43.2. The molecule has 56 heavy (non-hydrogen) atoms. The van der Waals surface area contributed by atoms with E-state index in [0.29, 0.717) is 13.0 Å². The lowest BCUT2D eigenvalue weighted by Crippen LogP contribution is -2.59. The zero-order valence-corrected chi connectivity index (χ0v) is 34.8. The number of hydrogen-bond donors (Lipinski definition) is 4. The van der Waals surface area contributed by atoms with Crippen molar-refractivity contribution < 1.29 is 44.2 Å². The minimum absolute atomic E-state index is 0.120. The summed E-state index contributed by atoms with van der Waals surface area (Å²) in [5.74, 6) is -0.351. The van der Waals surface area contributed by atoms with Crippen molar-refractivity contribution in [1.29, 1.82) is 0 Å². The van der Waals surface area contributed by atoms with Gasteiger partial charge in [0.25, 0.3) is 0 Å². The summed E-state index contributed by atoms with van der Waals surface area (Å²) in [4.78, 5) is 12.7. The quantitative estimate of drug-likeness (QED) is 0.0282. The smallest absolute Gasteiger partial charge is 0.306 e. The highest BCUT2D eigenvalue weighted by atomic mass is 16.7. The number of unbranched alkanes of at least 4 members (excludes halogenated alkanes) is 10. The molecule has 0 bridgehead atoms. The number of aliphatic hydroxyl groups excluding tert-OH is 4. The van der Waals surface area contributed by atoms with E-state index in [9.17, 15) is 25.2 Å². The number of hydrogen-bond acceptors (Lipinski definition) is 9. The molecule has 1 aliphatic heterocycles. The van der Waals surface area contributed by atoms with Crippen molar-refractivity contribution in [3.63, 3.8) is 0 Å². The van der Waals surface area contributed by atoms with E-state index < -0.39 is 43.4 Å². The van der Waals surface area contributed by atoms with Gasteiger partial charge in [-0.3, -0.25) is 4.79 Å². The predicted octanol–water partition coefficient (Wildman–Crippen LogP) is 9.47. The molecule has 1 rings (SSSR count). The van der Waals surface area contributed by atoms with Crippen molar-refractivity contribution in [2.45, 2.75) is 179 Å². The third-order valence-corrected chi connectivity index (χ3v) is 9.31. The molecule has 1 fully saturated rings. The van der Waals surface area contributed by atoms with Gasteiger partial charge in [0.05, 0.1) is 19.8 Å². The van der Waals surface area contributed by atoms with Gasteiger partial charge >= 0.3 is 5.97 Å². The molecular weight excluding hydrogens is 709 g/mol. The van der Waals surface area contributed by atoms with Crippen LogP contribution < -0.4 is 0 Å². The Morgan fingerprint density at radius 1 is 0.571 bits per heavy atom. The molecule has 1 aliphatic rings. The lowest BCUT2D eigenvalue weighted by Gasteiger charge is -2.39. The second kappa shape index (κ2) is 37.9. The monoisotopic (exact) mass is 787 g/mol. The fraction of sp³-hybridized carbons (Fsp3) is 0.681. The molecule has 320 valence electrons. The summed E-state index contributed by atoms with van der Waals surface area (Å²) in [5, 5.41) is 40.1. The van der Waals surface area contributed by atoms with Gasteiger partial charge in [0.2, 0.25) is 0 Å². The van der Waals surface area contributed by atoms with Gasteiger partial charge < -0.3 is 39.4 Å². The van der Waals surface area contributed by atoms with Gasteiger partial charge in [-0.2, -0.15) is 0 Å². The second-order valence-corrected chi connectivity index (χ2v) is 14.4. The summed E-state index contributed by atoms with van der Waals surface area (Å²) in [5.41, 5.74) is 0. The van der Waals surface area contributed by atoms with Crippen LogP contribution in [-0.2, 0) is 23.7 Å². The Morgan fingerprint density at radius 3 is 1.55 bits per heavy atom. The van der Waals surface area contributed by atoms with E-state index in [1.807, 2.05) is 0 Å². The van der Waals surface area contributed by atoms with E-state index in [1.165, 1.54) is 25.7 Å². The first-order chi connectivity index (χ1) is 27.4. The van der Waals surface area contributed by atoms with Gasteiger partial charge in [0.15, 0.2) is 6.29 Å². The Labute approximate surface area is 339 Å². The molecule has 0 aliphatic carbocycles. The summed E-state index contributed by atoms with van der Waals surface area (Å²) in [6.45, 7) is 4.24. The lowest BCUT2D eigenvalue weighted by molar-refractivity contribution is -0.305. The molecule has 1 heterocycles. The highest BCUT2D eigenvalue weighted by Gasteiger charge is 2.44. The molecule has 4 N–H and O–H groups in total. The molecule has 0 amide bonds. The van der Waals surface area contributed by atoms with Crippen LogP contribution in [0.15, 0.2) is 85.1 Å². The number of allylic oxidation sites excluding steroid dienone is 14. The standard InChI is InChI=1S/C47H78O9/c1-3-5-7-9-11-13-15-17-18-19-20-21-22-23-25-27-29-31-33-35-37-53-39-41(40-54-47-46(52)45(51)44(50)42(38-48)56-47)55-43(49)36-34-32-30-28-26-24-16-14-12-10-8-6-4-2/h5-8,11-14,17-18,20-21,24,26,41-42,44-48,50-52H,3-4,9-10,15-16,19,22-23,25,27-40H2,1-2H3/b7-5-,8-6-,13-11-,14-12-,18-17-,21-20-,26-24-.